The van der Waals surface area contributed by atoms with Crippen molar-refractivity contribution in [2.75, 3.05) is 24.9 Å². The molecule has 0 radical (unpaired) electrons. The molecule has 3 rings (SSSR count). The van der Waals surface area contributed by atoms with E-state index in [0.717, 1.165) is 11.3 Å². The third kappa shape index (κ3) is 7.09. The van der Waals surface area contributed by atoms with Crippen molar-refractivity contribution in [2.45, 2.75) is 38.6 Å². The first-order valence-electron chi connectivity index (χ1n) is 11.7. The van der Waals surface area contributed by atoms with Gasteiger partial charge in [0, 0.05) is 11.1 Å². The van der Waals surface area contributed by atoms with Gasteiger partial charge < -0.3 is 36.2 Å². The number of thiazole rings is 1. The van der Waals surface area contributed by atoms with Crippen molar-refractivity contribution in [3.05, 3.63) is 34.5 Å². The second-order valence-electron chi connectivity index (χ2n) is 9.34. The number of thioether (sulfide) groups is 1. The molecule has 1 aromatic rings. The van der Waals surface area contributed by atoms with E-state index in [1.54, 1.807) is 32.9 Å². The molecule has 0 spiro atoms. The lowest BCUT2D eigenvalue weighted by molar-refractivity contribution is -0.173. The Labute approximate surface area is 236 Å². The molecule has 2 aliphatic heterocycles. The number of rotatable bonds is 10. The van der Waals surface area contributed by atoms with Crippen molar-refractivity contribution >= 4 is 63.8 Å². The SMILES string of the molecule is CC(C)(C)C(=O)OCOC(=O)C1=C(/C=C/CCOC(N)=O)CS[C@@H]2[C@H](NC(=O)C(=NO)c3csc(N)n3)C(=O)N12. The Bertz CT molecular complexity index is 1280. The number of nitrogen functional groups attached to an aromatic ring is 1. The molecule has 0 unspecified atom stereocenters. The van der Waals surface area contributed by atoms with Gasteiger partial charge in [-0.1, -0.05) is 17.3 Å². The first kappa shape index (κ1) is 30.4. The largest absolute Gasteiger partial charge is 0.449 e. The van der Waals surface area contributed by atoms with Crippen LogP contribution >= 0.6 is 23.1 Å². The number of nitrogens with zero attached hydrogens (tertiary/aromatic N) is 3. The molecule has 0 bridgehead atoms. The summed E-state index contributed by atoms with van der Waals surface area (Å²) in [5.41, 5.74) is 9.62. The zero-order chi connectivity index (χ0) is 29.6. The Morgan fingerprint density at radius 3 is 2.60 bits per heavy atom. The highest BCUT2D eigenvalue weighted by molar-refractivity contribution is 8.00. The molecule has 2 atom stereocenters. The predicted molar refractivity (Wildman–Crippen MR) is 143 cm³/mol. The second kappa shape index (κ2) is 12.8. The number of primary amides is 1. The van der Waals surface area contributed by atoms with E-state index >= 15 is 0 Å². The number of aromatic nitrogens is 1. The summed E-state index contributed by atoms with van der Waals surface area (Å²) >= 11 is 2.30. The smallest absolute Gasteiger partial charge is 0.404 e. The van der Waals surface area contributed by atoms with Gasteiger partial charge in [-0.15, -0.1) is 23.1 Å². The van der Waals surface area contributed by atoms with Crippen LogP contribution < -0.4 is 16.8 Å². The number of nitrogens with one attached hydrogen (secondary N) is 1. The molecule has 0 aromatic carbocycles. The first-order valence-corrected chi connectivity index (χ1v) is 13.6. The zero-order valence-electron chi connectivity index (χ0n) is 21.7. The highest BCUT2D eigenvalue weighted by atomic mass is 32.2. The zero-order valence-corrected chi connectivity index (χ0v) is 23.4. The topological polar surface area (TPSA) is 226 Å². The monoisotopic (exact) mass is 596 g/mol. The van der Waals surface area contributed by atoms with E-state index in [1.165, 1.54) is 22.0 Å². The molecule has 1 fully saturated rings. The van der Waals surface area contributed by atoms with Gasteiger partial charge in [0.25, 0.3) is 11.8 Å². The average Bonchev–Trinajstić information content (AvgIpc) is 3.31. The number of carbonyl (C=O) groups is 5. The maximum atomic E-state index is 13.1. The van der Waals surface area contributed by atoms with Gasteiger partial charge in [-0.05, 0) is 32.8 Å². The Balaban J connectivity index is 1.76. The van der Waals surface area contributed by atoms with Gasteiger partial charge in [0.2, 0.25) is 6.79 Å². The van der Waals surface area contributed by atoms with Gasteiger partial charge in [-0.3, -0.25) is 19.3 Å². The van der Waals surface area contributed by atoms with Crippen molar-refractivity contribution in [3.8, 4) is 0 Å². The van der Waals surface area contributed by atoms with Crippen molar-refractivity contribution in [1.29, 1.82) is 0 Å². The van der Waals surface area contributed by atoms with Crippen LogP contribution in [-0.4, -0.2) is 81.2 Å². The molecule has 40 heavy (non-hydrogen) atoms. The van der Waals surface area contributed by atoms with Crippen LogP contribution in [0.4, 0.5) is 9.93 Å². The maximum Gasteiger partial charge on any atom is 0.404 e. The van der Waals surface area contributed by atoms with Gasteiger partial charge in [0.15, 0.2) is 10.8 Å². The number of β-lactam (4-membered cyclic amide) rings is 1. The minimum atomic E-state index is -1.05. The summed E-state index contributed by atoms with van der Waals surface area (Å²) in [6, 6.07) is -1.05. The Hall–Kier alpha value is -4.12. The molecule has 0 saturated carbocycles. The first-order chi connectivity index (χ1) is 18.8. The lowest BCUT2D eigenvalue weighted by Gasteiger charge is -2.49. The molecule has 0 aliphatic carbocycles. The number of oxime groups is 1. The van der Waals surface area contributed by atoms with E-state index in [-0.39, 0.29) is 35.3 Å². The summed E-state index contributed by atoms with van der Waals surface area (Å²) < 4.78 is 14.8. The summed E-state index contributed by atoms with van der Waals surface area (Å²) in [7, 11) is 0. The third-order valence-corrected chi connectivity index (χ3v) is 7.37. The summed E-state index contributed by atoms with van der Waals surface area (Å²) in [6.07, 6.45) is 2.56. The number of allylic oxidation sites excluding steroid dienone is 1. The number of ether oxygens (including phenoxy) is 3. The van der Waals surface area contributed by atoms with E-state index in [1.807, 2.05) is 0 Å². The molecule has 15 nitrogen and oxygen atoms in total. The van der Waals surface area contributed by atoms with Crippen LogP contribution in [0.1, 0.15) is 32.9 Å². The molecule has 17 heteroatoms. The molecular formula is C23H28N6O9S2. The number of fused-ring (bicyclic) bond motifs is 1. The fourth-order valence-electron chi connectivity index (χ4n) is 3.45. The summed E-state index contributed by atoms with van der Waals surface area (Å²) in [5.74, 6) is -2.76. The fourth-order valence-corrected chi connectivity index (χ4v) is 5.32. The summed E-state index contributed by atoms with van der Waals surface area (Å²) in [4.78, 5) is 66.8. The molecule has 216 valence electrons. The fraction of sp³-hybridized carbons (Fsp3) is 0.435. The minimum absolute atomic E-state index is 0.00749. The molecule has 3 amide bonds. The lowest BCUT2D eigenvalue weighted by Crippen LogP contribution is -2.71. The number of hydrogen-bond donors (Lipinski definition) is 4. The summed E-state index contributed by atoms with van der Waals surface area (Å²) in [6.45, 7) is 4.24. The number of anilines is 1. The third-order valence-electron chi connectivity index (χ3n) is 5.40. The number of esters is 2. The van der Waals surface area contributed by atoms with Crippen molar-refractivity contribution < 1.29 is 43.4 Å². The van der Waals surface area contributed by atoms with Gasteiger partial charge in [0.05, 0.1) is 12.0 Å². The van der Waals surface area contributed by atoms with Crippen molar-refractivity contribution in [3.63, 3.8) is 0 Å². The molecule has 1 saturated heterocycles. The predicted octanol–water partition coefficient (Wildman–Crippen LogP) is 0.689. The van der Waals surface area contributed by atoms with Crippen LogP contribution in [0.5, 0.6) is 0 Å². The van der Waals surface area contributed by atoms with E-state index in [4.69, 9.17) is 20.9 Å². The van der Waals surface area contributed by atoms with Crippen LogP contribution in [0.25, 0.3) is 0 Å². The van der Waals surface area contributed by atoms with Crippen LogP contribution in [0.3, 0.4) is 0 Å². The van der Waals surface area contributed by atoms with E-state index in [0.29, 0.717) is 5.57 Å². The van der Waals surface area contributed by atoms with E-state index in [9.17, 15) is 29.2 Å². The van der Waals surface area contributed by atoms with Crippen molar-refractivity contribution in [1.82, 2.24) is 15.2 Å². The van der Waals surface area contributed by atoms with Gasteiger partial charge in [-0.2, -0.15) is 0 Å². The number of amides is 3. The Kier molecular flexibility index (Phi) is 9.75. The van der Waals surface area contributed by atoms with Gasteiger partial charge in [-0.25, -0.2) is 14.6 Å². The number of nitrogens with two attached hydrogens (primary N) is 2. The van der Waals surface area contributed by atoms with Gasteiger partial charge in [0.1, 0.15) is 22.8 Å². The number of carbonyl (C=O) groups excluding carboxylic acids is 5. The minimum Gasteiger partial charge on any atom is -0.449 e. The van der Waals surface area contributed by atoms with Crippen LogP contribution in [0.2, 0.25) is 0 Å². The molecular weight excluding hydrogens is 568 g/mol. The molecule has 6 N–H and O–H groups in total. The molecule has 2 aliphatic rings. The van der Waals surface area contributed by atoms with Crippen LogP contribution in [0, 0.1) is 5.41 Å². The number of hydrogen-bond acceptors (Lipinski definition) is 14. The Morgan fingerprint density at radius 2 is 2.00 bits per heavy atom. The maximum absolute atomic E-state index is 13.1. The molecule has 1 aromatic heterocycles. The lowest BCUT2D eigenvalue weighted by atomic mass is 9.98. The van der Waals surface area contributed by atoms with E-state index in [2.05, 4.69) is 20.2 Å². The highest BCUT2D eigenvalue weighted by Gasteiger charge is 2.54. The molecule has 3 heterocycles. The quantitative estimate of drug-likeness (QED) is 0.0556. The average molecular weight is 597 g/mol. The summed E-state index contributed by atoms with van der Waals surface area (Å²) in [5, 5.41) is 15.7. The Morgan fingerprint density at radius 1 is 1.27 bits per heavy atom. The second-order valence-corrected chi connectivity index (χ2v) is 11.3. The standard InChI is InChI=1S/C23H28N6O9S2/c1-23(2,3)20(33)38-10-37-19(32)15-11(6-4-5-7-36-22(25)34)8-39-18-14(17(31)29(15)18)27-16(30)13(28-35)12-9-40-21(24)26-12/h4,6,9,14,18,35H,5,7-8,10H2,1-3H3,(H2,24,26)(H2,25,34)(H,27,30)/b6-4+,28-13?/t14-,18-/m1/s1. The van der Waals surface area contributed by atoms with Crippen LogP contribution in [0.15, 0.2) is 34.0 Å². The van der Waals surface area contributed by atoms with Crippen molar-refractivity contribution in [2.24, 2.45) is 16.3 Å². The van der Waals surface area contributed by atoms with Crippen LogP contribution in [-0.2, 0) is 33.4 Å². The highest BCUT2D eigenvalue weighted by Crippen LogP contribution is 2.41. The normalized spacial score (nSPS) is 19.1. The van der Waals surface area contributed by atoms with Gasteiger partial charge >= 0.3 is 18.0 Å². The van der Waals surface area contributed by atoms with E-state index < -0.39 is 59.2 Å².